The Morgan fingerprint density at radius 1 is 0.585 bits per heavy atom. The number of likely N-dealkylation sites (N-methyl/N-ethyl adjacent to an activating group) is 1. The van der Waals surface area contributed by atoms with Gasteiger partial charge >= 0.3 is 0 Å². The van der Waals surface area contributed by atoms with E-state index in [1.807, 2.05) is 30.3 Å². The van der Waals surface area contributed by atoms with Crippen molar-refractivity contribution < 1.29 is 33.2 Å². The first-order chi connectivity index (χ1) is 26.2. The van der Waals surface area contributed by atoms with Gasteiger partial charge in [0.05, 0.1) is 94.7 Å². The van der Waals surface area contributed by atoms with Crippen LogP contribution in [0.3, 0.4) is 0 Å². The van der Waals surface area contributed by atoms with Gasteiger partial charge in [-0.25, -0.2) is 9.97 Å². The number of aromatic nitrogens is 4. The molecule has 13 nitrogen and oxygen atoms in total. The molecule has 2 N–H and O–H groups in total. The van der Waals surface area contributed by atoms with Crippen LogP contribution in [0.25, 0.3) is 44.8 Å². The maximum Gasteiger partial charge on any atom is 0.138 e. The predicted octanol–water partition coefficient (Wildman–Crippen LogP) is 4.64. The van der Waals surface area contributed by atoms with Crippen LogP contribution in [0.1, 0.15) is 0 Å². The number of piperazine rings is 1. The van der Waals surface area contributed by atoms with Crippen LogP contribution >= 0.6 is 0 Å². The number of benzene rings is 3. The minimum atomic E-state index is 0.306. The summed E-state index contributed by atoms with van der Waals surface area (Å²) in [5.41, 5.74) is 7.06. The van der Waals surface area contributed by atoms with E-state index >= 15 is 0 Å². The summed E-state index contributed by atoms with van der Waals surface area (Å²) in [5.74, 6) is 4.82. The van der Waals surface area contributed by atoms with E-state index in [0.717, 1.165) is 76.8 Å². The number of hydrogen-bond acceptors (Lipinski definition) is 11. The van der Waals surface area contributed by atoms with Crippen molar-refractivity contribution in [2.75, 3.05) is 124 Å². The molecule has 0 aliphatic carbocycles. The molecule has 3 heterocycles. The van der Waals surface area contributed by atoms with Gasteiger partial charge in [-0.1, -0.05) is 5.92 Å². The first-order valence-corrected chi connectivity index (χ1v) is 18.2. The lowest BCUT2D eigenvalue weighted by atomic mass is 10.2. The Labute approximate surface area is 310 Å². The van der Waals surface area contributed by atoms with Crippen molar-refractivity contribution in [3.8, 4) is 40.9 Å². The zero-order valence-corrected chi connectivity index (χ0v) is 30.5. The second kappa shape index (κ2) is 20.6. The molecule has 2 aromatic heterocycles. The Morgan fingerprint density at radius 2 is 1.08 bits per heavy atom. The Hall–Kier alpha value is -4.52. The Balaban J connectivity index is 0.843. The van der Waals surface area contributed by atoms with Crippen molar-refractivity contribution in [1.82, 2.24) is 24.8 Å². The van der Waals surface area contributed by atoms with Crippen molar-refractivity contribution >= 4 is 27.8 Å². The van der Waals surface area contributed by atoms with E-state index in [2.05, 4.69) is 63.1 Å². The number of anilines is 1. The third-order valence-electron chi connectivity index (χ3n) is 8.76. The number of aromatic amines is 2. The average Bonchev–Trinajstić information content (AvgIpc) is 3.82. The fraction of sp³-hybridized carbons (Fsp3) is 0.450. The third kappa shape index (κ3) is 11.7. The summed E-state index contributed by atoms with van der Waals surface area (Å²) in [5, 5.41) is 0. The van der Waals surface area contributed by atoms with Crippen molar-refractivity contribution in [2.24, 2.45) is 0 Å². The lowest BCUT2D eigenvalue weighted by Gasteiger charge is -2.34. The van der Waals surface area contributed by atoms with Gasteiger partial charge in [-0.2, -0.15) is 0 Å². The normalized spacial score (nSPS) is 13.6. The highest BCUT2D eigenvalue weighted by molar-refractivity contribution is 5.87. The summed E-state index contributed by atoms with van der Waals surface area (Å²) < 4.78 is 38.5. The number of terminal acetylenes is 1. The number of nitrogens with zero attached hydrogens (tertiary/aromatic N) is 4. The molecule has 282 valence electrons. The van der Waals surface area contributed by atoms with Gasteiger partial charge in [0.2, 0.25) is 0 Å². The fourth-order valence-corrected chi connectivity index (χ4v) is 5.85. The lowest BCUT2D eigenvalue weighted by molar-refractivity contribution is -0.0167. The van der Waals surface area contributed by atoms with Crippen LogP contribution in [0, 0.1) is 12.3 Å². The average molecular weight is 727 g/mol. The molecule has 1 aliphatic rings. The highest BCUT2D eigenvalue weighted by atomic mass is 16.6. The molecule has 5 aromatic rings. The van der Waals surface area contributed by atoms with Crippen LogP contribution in [-0.4, -0.2) is 144 Å². The molecule has 0 unspecified atom stereocenters. The van der Waals surface area contributed by atoms with Gasteiger partial charge in [-0.05, 0) is 67.7 Å². The highest BCUT2D eigenvalue weighted by Crippen LogP contribution is 2.29. The molecular formula is C40H50N6O7. The zero-order chi connectivity index (χ0) is 36.5. The SMILES string of the molecule is C#CCOCCOCCOCCOCCOCCOCCOc1ccc(-c2nc3ccc(-c4nc5ccc(N6CCN(C)CC6)cc5[nH]4)cc3[nH]2)cc1. The number of rotatable bonds is 23. The van der Waals surface area contributed by atoms with E-state index in [4.69, 9.17) is 49.5 Å². The zero-order valence-electron chi connectivity index (χ0n) is 30.5. The monoisotopic (exact) mass is 726 g/mol. The third-order valence-corrected chi connectivity index (χ3v) is 8.76. The van der Waals surface area contributed by atoms with Crippen molar-refractivity contribution in [2.45, 2.75) is 0 Å². The molecule has 1 saturated heterocycles. The predicted molar refractivity (Wildman–Crippen MR) is 206 cm³/mol. The van der Waals surface area contributed by atoms with Gasteiger partial charge in [0.15, 0.2) is 0 Å². The van der Waals surface area contributed by atoms with Gasteiger partial charge in [-0.3, -0.25) is 0 Å². The molecule has 1 fully saturated rings. The molecule has 0 saturated carbocycles. The molecular weight excluding hydrogens is 676 g/mol. The van der Waals surface area contributed by atoms with Gasteiger partial charge in [0, 0.05) is 43.0 Å². The summed E-state index contributed by atoms with van der Waals surface area (Å²) in [7, 11) is 2.17. The number of imidazole rings is 2. The highest BCUT2D eigenvalue weighted by Gasteiger charge is 2.16. The lowest BCUT2D eigenvalue weighted by Crippen LogP contribution is -2.44. The summed E-state index contributed by atoms with van der Waals surface area (Å²) in [6, 6.07) is 20.6. The number of H-pyrrole nitrogens is 2. The van der Waals surface area contributed by atoms with Gasteiger partial charge in [-0.15, -0.1) is 6.42 Å². The quantitative estimate of drug-likeness (QED) is 0.0722. The summed E-state index contributed by atoms with van der Waals surface area (Å²) in [6.07, 6.45) is 5.10. The van der Waals surface area contributed by atoms with Crippen molar-refractivity contribution in [3.63, 3.8) is 0 Å². The topological polar surface area (TPSA) is 128 Å². The van der Waals surface area contributed by atoms with Crippen LogP contribution in [0.2, 0.25) is 0 Å². The van der Waals surface area contributed by atoms with E-state index < -0.39 is 0 Å². The van der Waals surface area contributed by atoms with Crippen molar-refractivity contribution in [3.05, 3.63) is 60.7 Å². The second-order valence-corrected chi connectivity index (χ2v) is 12.6. The van der Waals surface area contributed by atoms with Gasteiger partial charge in [0.1, 0.15) is 30.6 Å². The molecule has 6 rings (SSSR count). The molecule has 0 atom stereocenters. The number of ether oxygens (including phenoxy) is 7. The van der Waals surface area contributed by atoms with E-state index in [0.29, 0.717) is 85.9 Å². The first kappa shape index (κ1) is 38.2. The smallest absolute Gasteiger partial charge is 0.138 e. The minimum Gasteiger partial charge on any atom is -0.491 e. The minimum absolute atomic E-state index is 0.306. The van der Waals surface area contributed by atoms with Crippen LogP contribution in [0.15, 0.2) is 60.7 Å². The van der Waals surface area contributed by atoms with Crippen molar-refractivity contribution in [1.29, 1.82) is 0 Å². The molecule has 0 radical (unpaired) electrons. The Morgan fingerprint density at radius 3 is 1.66 bits per heavy atom. The summed E-state index contributed by atoms with van der Waals surface area (Å²) in [4.78, 5) is 21.5. The van der Waals surface area contributed by atoms with Crippen LogP contribution < -0.4 is 9.64 Å². The molecule has 0 bridgehead atoms. The first-order valence-electron chi connectivity index (χ1n) is 18.2. The van der Waals surface area contributed by atoms with E-state index in [9.17, 15) is 0 Å². The maximum absolute atomic E-state index is 5.86. The van der Waals surface area contributed by atoms with E-state index in [1.54, 1.807) is 0 Å². The molecule has 0 spiro atoms. The van der Waals surface area contributed by atoms with Crippen LogP contribution in [0.4, 0.5) is 5.69 Å². The molecule has 3 aromatic carbocycles. The van der Waals surface area contributed by atoms with Gasteiger partial charge in [0.25, 0.3) is 0 Å². The maximum atomic E-state index is 5.86. The largest absolute Gasteiger partial charge is 0.491 e. The standard InChI is InChI=1S/C40H50N6O7/c1-3-16-47-17-18-48-19-20-49-21-22-50-23-24-51-25-26-52-27-28-53-34-8-4-31(5-9-34)39-41-35-10-6-32(29-37(35)43-39)40-42-36-11-7-33(30-38(36)44-40)46-14-12-45(2)13-15-46/h1,4-11,29-30H,12-28H2,2H3,(H,41,43)(H,42,44). The Kier molecular flexibility index (Phi) is 14.9. The molecule has 53 heavy (non-hydrogen) atoms. The van der Waals surface area contributed by atoms with E-state index in [1.165, 1.54) is 5.69 Å². The van der Waals surface area contributed by atoms with Gasteiger partial charge < -0.3 is 52.9 Å². The van der Waals surface area contributed by atoms with E-state index in [-0.39, 0.29) is 0 Å². The summed E-state index contributed by atoms with van der Waals surface area (Å²) in [6.45, 7) is 10.4. The fourth-order valence-electron chi connectivity index (χ4n) is 5.85. The molecule has 0 amide bonds. The number of nitrogens with one attached hydrogen (secondary N) is 2. The van der Waals surface area contributed by atoms with Crippen LogP contribution in [0.5, 0.6) is 5.75 Å². The Bertz CT molecular complexity index is 1860. The second-order valence-electron chi connectivity index (χ2n) is 12.6. The van der Waals surface area contributed by atoms with Crippen LogP contribution in [-0.2, 0) is 28.4 Å². The summed E-state index contributed by atoms with van der Waals surface area (Å²) >= 11 is 0. The number of hydrogen-bond donors (Lipinski definition) is 2. The molecule has 1 aliphatic heterocycles. The number of fused-ring (bicyclic) bond motifs is 2. The molecule has 13 heteroatoms.